The van der Waals surface area contributed by atoms with E-state index in [0.29, 0.717) is 21.5 Å². The molecule has 0 bridgehead atoms. The Kier molecular flexibility index (Phi) is 4.55. The van der Waals surface area contributed by atoms with Crippen LogP contribution in [0.3, 0.4) is 0 Å². The first-order chi connectivity index (χ1) is 11.1. The minimum Gasteiger partial charge on any atom is -0.438 e. The summed E-state index contributed by atoms with van der Waals surface area (Å²) in [7, 11) is 1.67. The Morgan fingerprint density at radius 1 is 1.17 bits per heavy atom. The Morgan fingerprint density at radius 3 is 2.65 bits per heavy atom. The molecule has 0 radical (unpaired) electrons. The molecule has 5 nitrogen and oxygen atoms in total. The lowest BCUT2D eigenvalue weighted by Gasteiger charge is -2.15. The first kappa shape index (κ1) is 15.5. The van der Waals surface area contributed by atoms with Crippen molar-refractivity contribution in [2.45, 2.75) is 0 Å². The van der Waals surface area contributed by atoms with Gasteiger partial charge in [-0.25, -0.2) is 9.97 Å². The van der Waals surface area contributed by atoms with E-state index in [1.165, 1.54) is 16.2 Å². The van der Waals surface area contributed by atoms with Gasteiger partial charge in [0, 0.05) is 29.8 Å². The lowest BCUT2D eigenvalue weighted by atomic mass is 10.2. The molecule has 2 aromatic heterocycles. The number of hydrogen-bond donors (Lipinski definition) is 0. The van der Waals surface area contributed by atoms with Crippen molar-refractivity contribution in [3.63, 3.8) is 0 Å². The highest BCUT2D eigenvalue weighted by atomic mass is 35.5. The smallest absolute Gasteiger partial charge is 0.265 e. The fourth-order valence-corrected chi connectivity index (χ4v) is 2.63. The number of ether oxygens (including phenoxy) is 1. The summed E-state index contributed by atoms with van der Waals surface area (Å²) in [6, 6.07) is 10.2. The molecule has 0 aliphatic carbocycles. The van der Waals surface area contributed by atoms with Crippen molar-refractivity contribution in [1.29, 1.82) is 0 Å². The highest BCUT2D eigenvalue weighted by molar-refractivity contribution is 7.13. The molecule has 1 aromatic carbocycles. The molecular formula is C16H12ClN3O2S. The van der Waals surface area contributed by atoms with Crippen LogP contribution in [0.15, 0.2) is 54.2 Å². The van der Waals surface area contributed by atoms with Gasteiger partial charge in [-0.2, -0.15) is 0 Å². The summed E-state index contributed by atoms with van der Waals surface area (Å²) < 4.78 is 5.72. The second-order valence-corrected chi connectivity index (χ2v) is 5.90. The number of benzene rings is 1. The maximum absolute atomic E-state index is 12.7. The average Bonchev–Trinajstić information content (AvgIpc) is 3.11. The molecular weight excluding hydrogens is 334 g/mol. The second kappa shape index (κ2) is 6.76. The van der Waals surface area contributed by atoms with E-state index >= 15 is 0 Å². The van der Waals surface area contributed by atoms with Crippen molar-refractivity contribution < 1.29 is 9.53 Å². The van der Waals surface area contributed by atoms with Crippen LogP contribution < -0.4 is 9.64 Å². The monoisotopic (exact) mass is 345 g/mol. The molecule has 23 heavy (non-hydrogen) atoms. The highest BCUT2D eigenvalue weighted by Gasteiger charge is 2.20. The molecule has 0 aliphatic rings. The fraction of sp³-hybridized carbons (Fsp3) is 0.0625. The standard InChI is InChI=1S/C16H12ClN3O2S/c1-20(16-19-9-10-23-16)15(21)13-3-2-8-18-14(13)22-12-6-4-11(17)5-7-12/h2-10H,1H3. The number of nitrogens with zero attached hydrogens (tertiary/aromatic N) is 3. The summed E-state index contributed by atoms with van der Waals surface area (Å²) in [5.74, 6) is 0.555. The molecule has 0 fully saturated rings. The summed E-state index contributed by atoms with van der Waals surface area (Å²) in [4.78, 5) is 22.4. The predicted molar refractivity (Wildman–Crippen MR) is 90.6 cm³/mol. The molecule has 0 N–H and O–H groups in total. The molecule has 0 atom stereocenters. The first-order valence-corrected chi connectivity index (χ1v) is 7.97. The molecule has 1 amide bonds. The quantitative estimate of drug-likeness (QED) is 0.709. The number of rotatable bonds is 4. The van der Waals surface area contributed by atoms with Gasteiger partial charge in [0.15, 0.2) is 5.13 Å². The predicted octanol–water partition coefficient (Wildman–Crippen LogP) is 4.26. The van der Waals surface area contributed by atoms with Gasteiger partial charge >= 0.3 is 0 Å². The number of aromatic nitrogens is 2. The maximum atomic E-state index is 12.7. The minimum atomic E-state index is -0.239. The number of carbonyl (C=O) groups excluding carboxylic acids is 1. The van der Waals surface area contributed by atoms with Crippen LogP contribution in [0.25, 0.3) is 0 Å². The second-order valence-electron chi connectivity index (χ2n) is 4.59. The van der Waals surface area contributed by atoms with Crippen LogP contribution in [-0.2, 0) is 0 Å². The normalized spacial score (nSPS) is 10.3. The van der Waals surface area contributed by atoms with E-state index in [2.05, 4.69) is 9.97 Å². The van der Waals surface area contributed by atoms with Crippen LogP contribution in [0, 0.1) is 0 Å². The van der Waals surface area contributed by atoms with E-state index in [4.69, 9.17) is 16.3 Å². The van der Waals surface area contributed by atoms with E-state index in [0.717, 1.165) is 0 Å². The van der Waals surface area contributed by atoms with Crippen molar-refractivity contribution in [3.05, 3.63) is 64.8 Å². The van der Waals surface area contributed by atoms with Crippen molar-refractivity contribution in [2.75, 3.05) is 11.9 Å². The van der Waals surface area contributed by atoms with E-state index in [1.54, 1.807) is 55.8 Å². The third kappa shape index (κ3) is 3.49. The molecule has 7 heteroatoms. The van der Waals surface area contributed by atoms with Gasteiger partial charge in [-0.05, 0) is 36.4 Å². The molecule has 0 aliphatic heterocycles. The number of thiazole rings is 1. The van der Waals surface area contributed by atoms with Gasteiger partial charge in [0.1, 0.15) is 11.3 Å². The Labute approximate surface area is 142 Å². The van der Waals surface area contributed by atoms with E-state index < -0.39 is 0 Å². The number of amides is 1. The van der Waals surface area contributed by atoms with Gasteiger partial charge in [-0.1, -0.05) is 11.6 Å². The van der Waals surface area contributed by atoms with Crippen LogP contribution in [0.5, 0.6) is 11.6 Å². The van der Waals surface area contributed by atoms with Crippen molar-refractivity contribution in [2.24, 2.45) is 0 Å². The van der Waals surface area contributed by atoms with Gasteiger partial charge in [0.25, 0.3) is 5.91 Å². The van der Waals surface area contributed by atoms with E-state index in [1.807, 2.05) is 5.38 Å². The van der Waals surface area contributed by atoms with Crippen LogP contribution in [0.2, 0.25) is 5.02 Å². The number of hydrogen-bond acceptors (Lipinski definition) is 5. The summed E-state index contributed by atoms with van der Waals surface area (Å²) in [5.41, 5.74) is 0.361. The van der Waals surface area contributed by atoms with Crippen LogP contribution in [0.4, 0.5) is 5.13 Å². The van der Waals surface area contributed by atoms with Gasteiger partial charge in [-0.15, -0.1) is 11.3 Å². The molecule has 2 heterocycles. The third-order valence-electron chi connectivity index (χ3n) is 3.04. The molecule has 0 saturated heterocycles. The number of anilines is 1. The molecule has 0 saturated carbocycles. The number of carbonyl (C=O) groups is 1. The van der Waals surface area contributed by atoms with Crippen molar-refractivity contribution in [3.8, 4) is 11.6 Å². The first-order valence-electron chi connectivity index (χ1n) is 6.71. The summed E-state index contributed by atoms with van der Waals surface area (Å²) in [6.07, 6.45) is 3.23. The summed E-state index contributed by atoms with van der Waals surface area (Å²) in [5, 5.41) is 3.03. The minimum absolute atomic E-state index is 0.239. The Balaban J connectivity index is 1.88. The van der Waals surface area contributed by atoms with Crippen LogP contribution in [-0.4, -0.2) is 22.9 Å². The zero-order chi connectivity index (χ0) is 16.2. The molecule has 0 unspecified atom stereocenters. The number of halogens is 1. The van der Waals surface area contributed by atoms with Crippen LogP contribution >= 0.6 is 22.9 Å². The topological polar surface area (TPSA) is 55.3 Å². The number of pyridine rings is 1. The fourth-order valence-electron chi connectivity index (χ4n) is 1.90. The van der Waals surface area contributed by atoms with Crippen molar-refractivity contribution >= 4 is 34.0 Å². The zero-order valence-corrected chi connectivity index (χ0v) is 13.7. The highest BCUT2D eigenvalue weighted by Crippen LogP contribution is 2.26. The average molecular weight is 346 g/mol. The Morgan fingerprint density at radius 2 is 1.96 bits per heavy atom. The third-order valence-corrected chi connectivity index (χ3v) is 4.14. The largest absolute Gasteiger partial charge is 0.438 e. The zero-order valence-electron chi connectivity index (χ0n) is 12.1. The van der Waals surface area contributed by atoms with Gasteiger partial charge in [0.2, 0.25) is 5.88 Å². The lowest BCUT2D eigenvalue weighted by Crippen LogP contribution is -2.26. The maximum Gasteiger partial charge on any atom is 0.265 e. The van der Waals surface area contributed by atoms with E-state index in [9.17, 15) is 4.79 Å². The molecule has 0 spiro atoms. The lowest BCUT2D eigenvalue weighted by molar-refractivity contribution is 0.0990. The van der Waals surface area contributed by atoms with E-state index in [-0.39, 0.29) is 11.8 Å². The molecule has 3 aromatic rings. The molecule has 116 valence electrons. The van der Waals surface area contributed by atoms with Gasteiger partial charge in [-0.3, -0.25) is 9.69 Å². The molecule has 3 rings (SSSR count). The SMILES string of the molecule is CN(C(=O)c1cccnc1Oc1ccc(Cl)cc1)c1nccs1. The van der Waals surface area contributed by atoms with Gasteiger partial charge in [0.05, 0.1) is 0 Å². The Hall–Kier alpha value is -2.44. The summed E-state index contributed by atoms with van der Waals surface area (Å²) in [6.45, 7) is 0. The van der Waals surface area contributed by atoms with Crippen LogP contribution in [0.1, 0.15) is 10.4 Å². The Bertz CT molecular complexity index is 806. The van der Waals surface area contributed by atoms with Crippen molar-refractivity contribution in [1.82, 2.24) is 9.97 Å². The summed E-state index contributed by atoms with van der Waals surface area (Å²) >= 11 is 7.24. The van der Waals surface area contributed by atoms with Gasteiger partial charge < -0.3 is 4.74 Å².